The van der Waals surface area contributed by atoms with E-state index in [1.807, 2.05) is 18.0 Å². The fraction of sp³-hybridized carbons (Fsp3) is 0.348. The van der Waals surface area contributed by atoms with Crippen LogP contribution in [0.3, 0.4) is 0 Å². The molecule has 26 heavy (non-hydrogen) atoms. The van der Waals surface area contributed by atoms with Gasteiger partial charge in [-0.2, -0.15) is 0 Å². The van der Waals surface area contributed by atoms with E-state index in [1.165, 1.54) is 44.2 Å². The standard InChI is InChI=1S/C23H26N2S/c1-15-13-18(23(3,4)5)14-16(2)20(15)25-11-10-24-22(25)19-8-6-7-17-9-12-26-21(17)19/h6-8,10-11,13-14H,9,12H2,1-5H3. The van der Waals surface area contributed by atoms with Gasteiger partial charge in [-0.05, 0) is 47.9 Å². The summed E-state index contributed by atoms with van der Waals surface area (Å²) in [6.45, 7) is 11.2. The Bertz CT molecular complexity index is 953. The lowest BCUT2D eigenvalue weighted by atomic mass is 9.84. The zero-order chi connectivity index (χ0) is 18.5. The van der Waals surface area contributed by atoms with Gasteiger partial charge in [0.2, 0.25) is 0 Å². The molecular weight excluding hydrogens is 336 g/mol. The van der Waals surface area contributed by atoms with Crippen molar-refractivity contribution in [2.24, 2.45) is 0 Å². The molecule has 2 nitrogen and oxygen atoms in total. The van der Waals surface area contributed by atoms with Gasteiger partial charge in [-0.25, -0.2) is 4.98 Å². The Kier molecular flexibility index (Phi) is 4.23. The van der Waals surface area contributed by atoms with E-state index in [-0.39, 0.29) is 5.41 Å². The van der Waals surface area contributed by atoms with Gasteiger partial charge in [-0.3, -0.25) is 4.57 Å². The summed E-state index contributed by atoms with van der Waals surface area (Å²) in [6.07, 6.45) is 5.18. The number of nitrogens with zero attached hydrogens (tertiary/aromatic N) is 2. The lowest BCUT2D eigenvalue weighted by Gasteiger charge is -2.23. The van der Waals surface area contributed by atoms with E-state index in [0.29, 0.717) is 0 Å². The molecule has 0 amide bonds. The van der Waals surface area contributed by atoms with Crippen LogP contribution in [0.1, 0.15) is 43.0 Å². The fourth-order valence-corrected chi connectivity index (χ4v) is 5.04. The maximum absolute atomic E-state index is 4.74. The van der Waals surface area contributed by atoms with E-state index in [1.54, 1.807) is 0 Å². The summed E-state index contributed by atoms with van der Waals surface area (Å²) in [5.41, 5.74) is 8.11. The Balaban J connectivity index is 1.88. The van der Waals surface area contributed by atoms with E-state index in [9.17, 15) is 0 Å². The first-order chi connectivity index (χ1) is 12.4. The van der Waals surface area contributed by atoms with Crippen LogP contribution in [0.15, 0.2) is 47.6 Å². The smallest absolute Gasteiger partial charge is 0.145 e. The van der Waals surface area contributed by atoms with Crippen LogP contribution < -0.4 is 0 Å². The topological polar surface area (TPSA) is 17.8 Å². The summed E-state index contributed by atoms with van der Waals surface area (Å²) >= 11 is 1.96. The van der Waals surface area contributed by atoms with E-state index < -0.39 is 0 Å². The largest absolute Gasteiger partial charge is 0.299 e. The molecule has 0 saturated carbocycles. The molecular formula is C23H26N2S. The maximum Gasteiger partial charge on any atom is 0.145 e. The van der Waals surface area contributed by atoms with Crippen molar-refractivity contribution in [3.05, 3.63) is 65.0 Å². The van der Waals surface area contributed by atoms with Gasteiger partial charge in [0.15, 0.2) is 0 Å². The number of aryl methyl sites for hydroxylation is 3. The normalized spacial score (nSPS) is 13.9. The minimum Gasteiger partial charge on any atom is -0.299 e. The highest BCUT2D eigenvalue weighted by atomic mass is 32.2. The molecule has 0 unspecified atom stereocenters. The number of hydrogen-bond donors (Lipinski definition) is 0. The molecule has 0 saturated heterocycles. The molecule has 0 atom stereocenters. The second kappa shape index (κ2) is 6.31. The maximum atomic E-state index is 4.74. The predicted molar refractivity (Wildman–Crippen MR) is 112 cm³/mol. The van der Waals surface area contributed by atoms with Crippen LogP contribution in [-0.2, 0) is 11.8 Å². The lowest BCUT2D eigenvalue weighted by Crippen LogP contribution is -2.13. The summed E-state index contributed by atoms with van der Waals surface area (Å²) < 4.78 is 2.27. The monoisotopic (exact) mass is 362 g/mol. The highest BCUT2D eigenvalue weighted by Gasteiger charge is 2.21. The number of benzene rings is 2. The Morgan fingerprint density at radius 1 is 1.08 bits per heavy atom. The van der Waals surface area contributed by atoms with Gasteiger partial charge in [0.1, 0.15) is 5.82 Å². The van der Waals surface area contributed by atoms with Gasteiger partial charge in [-0.1, -0.05) is 51.1 Å². The molecule has 0 bridgehead atoms. The van der Waals surface area contributed by atoms with Crippen LogP contribution in [0.5, 0.6) is 0 Å². The molecule has 0 radical (unpaired) electrons. The SMILES string of the molecule is Cc1cc(C(C)(C)C)cc(C)c1-n1ccnc1-c1cccc2c1SCC2. The summed E-state index contributed by atoms with van der Waals surface area (Å²) in [5, 5.41) is 0. The van der Waals surface area contributed by atoms with Crippen LogP contribution in [0.2, 0.25) is 0 Å². The van der Waals surface area contributed by atoms with Crippen molar-refractivity contribution in [3.8, 4) is 17.1 Å². The van der Waals surface area contributed by atoms with E-state index in [0.717, 1.165) is 12.2 Å². The average molecular weight is 363 g/mol. The molecule has 1 aromatic heterocycles. The molecule has 0 spiro atoms. The molecule has 2 aromatic carbocycles. The Morgan fingerprint density at radius 2 is 1.81 bits per heavy atom. The second-order valence-corrected chi connectivity index (χ2v) is 9.33. The van der Waals surface area contributed by atoms with Gasteiger partial charge in [0.05, 0.1) is 5.69 Å². The molecule has 3 heteroatoms. The van der Waals surface area contributed by atoms with Crippen LogP contribution in [0.4, 0.5) is 0 Å². The zero-order valence-electron chi connectivity index (χ0n) is 16.3. The number of thioether (sulfide) groups is 1. The third kappa shape index (κ3) is 2.88. The second-order valence-electron chi connectivity index (χ2n) is 8.22. The summed E-state index contributed by atoms with van der Waals surface area (Å²) in [4.78, 5) is 6.15. The van der Waals surface area contributed by atoms with Crippen LogP contribution >= 0.6 is 11.8 Å². The van der Waals surface area contributed by atoms with Crippen molar-refractivity contribution < 1.29 is 0 Å². The number of hydrogen-bond acceptors (Lipinski definition) is 2. The Hall–Kier alpha value is -2.00. The first-order valence-corrected chi connectivity index (χ1v) is 10.3. The molecule has 0 fully saturated rings. The summed E-state index contributed by atoms with van der Waals surface area (Å²) in [5.74, 6) is 2.22. The predicted octanol–water partition coefficient (Wildman–Crippen LogP) is 6.10. The molecule has 1 aliphatic heterocycles. The first-order valence-electron chi connectivity index (χ1n) is 9.27. The molecule has 3 aromatic rings. The van der Waals surface area contributed by atoms with E-state index in [2.05, 4.69) is 75.7 Å². The highest BCUT2D eigenvalue weighted by Crippen LogP contribution is 2.40. The van der Waals surface area contributed by atoms with Crippen molar-refractivity contribution in [3.63, 3.8) is 0 Å². The third-order valence-electron chi connectivity index (χ3n) is 5.19. The van der Waals surface area contributed by atoms with Crippen molar-refractivity contribution in [2.75, 3.05) is 5.75 Å². The molecule has 0 aliphatic carbocycles. The lowest BCUT2D eigenvalue weighted by molar-refractivity contribution is 0.589. The van der Waals surface area contributed by atoms with Gasteiger partial charge < -0.3 is 0 Å². The van der Waals surface area contributed by atoms with Crippen molar-refractivity contribution in [2.45, 2.75) is 51.3 Å². The fourth-order valence-electron chi connectivity index (χ4n) is 3.84. The van der Waals surface area contributed by atoms with Gasteiger partial charge in [-0.15, -0.1) is 11.8 Å². The molecule has 1 aliphatic rings. The average Bonchev–Trinajstić information content (AvgIpc) is 3.22. The molecule has 2 heterocycles. The molecule has 4 rings (SSSR count). The number of aromatic nitrogens is 2. The number of fused-ring (bicyclic) bond motifs is 1. The third-order valence-corrected chi connectivity index (χ3v) is 6.37. The van der Waals surface area contributed by atoms with Crippen LogP contribution in [0, 0.1) is 13.8 Å². The summed E-state index contributed by atoms with van der Waals surface area (Å²) in [7, 11) is 0. The van der Waals surface area contributed by atoms with Crippen molar-refractivity contribution >= 4 is 11.8 Å². The van der Waals surface area contributed by atoms with Gasteiger partial charge in [0.25, 0.3) is 0 Å². The first kappa shape index (κ1) is 17.4. The molecule has 134 valence electrons. The number of imidazole rings is 1. The quantitative estimate of drug-likeness (QED) is 0.548. The van der Waals surface area contributed by atoms with Crippen molar-refractivity contribution in [1.82, 2.24) is 9.55 Å². The van der Waals surface area contributed by atoms with Crippen LogP contribution in [-0.4, -0.2) is 15.3 Å². The van der Waals surface area contributed by atoms with E-state index in [4.69, 9.17) is 4.98 Å². The van der Waals surface area contributed by atoms with E-state index >= 15 is 0 Å². The minimum absolute atomic E-state index is 0.155. The minimum atomic E-state index is 0.155. The Morgan fingerprint density at radius 3 is 2.50 bits per heavy atom. The van der Waals surface area contributed by atoms with Crippen LogP contribution in [0.25, 0.3) is 17.1 Å². The van der Waals surface area contributed by atoms with Gasteiger partial charge >= 0.3 is 0 Å². The highest BCUT2D eigenvalue weighted by molar-refractivity contribution is 7.99. The number of rotatable bonds is 2. The summed E-state index contributed by atoms with van der Waals surface area (Å²) in [6, 6.07) is 11.3. The van der Waals surface area contributed by atoms with Crippen molar-refractivity contribution in [1.29, 1.82) is 0 Å². The molecule has 0 N–H and O–H groups in total. The zero-order valence-corrected chi connectivity index (χ0v) is 17.1. The van der Waals surface area contributed by atoms with Gasteiger partial charge in [0, 0.05) is 28.6 Å². The Labute approximate surface area is 160 Å².